The minimum atomic E-state index is -0.0557. The van der Waals surface area contributed by atoms with E-state index in [-0.39, 0.29) is 6.33 Å². The van der Waals surface area contributed by atoms with Crippen molar-refractivity contribution in [1.29, 1.82) is 0 Å². The van der Waals surface area contributed by atoms with Crippen molar-refractivity contribution in [3.05, 3.63) is 30.3 Å². The van der Waals surface area contributed by atoms with Gasteiger partial charge >= 0.3 is 0 Å². The van der Waals surface area contributed by atoms with Crippen LogP contribution in [0, 0.1) is 0 Å². The zero-order valence-electron chi connectivity index (χ0n) is 12.3. The smallest absolute Gasteiger partial charge is 0.0437 e. The first-order valence-electron chi connectivity index (χ1n) is 7.49. The summed E-state index contributed by atoms with van der Waals surface area (Å²) in [5.41, 5.74) is 0. The Morgan fingerprint density at radius 2 is 1.32 bits per heavy atom. The highest BCUT2D eigenvalue weighted by Gasteiger charge is 2.11. The van der Waals surface area contributed by atoms with E-state index in [0.29, 0.717) is 0 Å². The molecule has 0 amide bonds. The zero-order chi connectivity index (χ0) is 13.8. The van der Waals surface area contributed by atoms with Crippen molar-refractivity contribution in [2.75, 3.05) is 11.5 Å². The highest BCUT2D eigenvalue weighted by atomic mass is 33.1. The molecule has 0 unspecified atom stereocenters. The van der Waals surface area contributed by atoms with Crippen LogP contribution in [0.25, 0.3) is 0 Å². The van der Waals surface area contributed by atoms with E-state index in [1.165, 1.54) is 50.0 Å². The number of hydrogen-bond donors (Lipinski definition) is 0. The van der Waals surface area contributed by atoms with Crippen molar-refractivity contribution in [2.24, 2.45) is 0 Å². The van der Waals surface area contributed by atoms with E-state index in [9.17, 15) is 0 Å². The number of hydrogen-bond acceptors (Lipinski definition) is 2. The lowest BCUT2D eigenvalue weighted by atomic mass is 10.3. The molecule has 0 fully saturated rings. The van der Waals surface area contributed by atoms with Crippen molar-refractivity contribution in [2.45, 2.75) is 52.4 Å². The maximum absolute atomic E-state index is 2.31. The largest absolute Gasteiger partial charge is 0.118 e. The molecular formula is C16H27PS2. The normalized spacial score (nSPS) is 11.1. The standard InChI is InChI=1S/C16H27PS2/c1-3-5-10-14-18-17(19-15-11-6-4-2)16-12-8-7-9-13-16/h7-9,12-13H,3-6,10-11,14-15H2,1-2H3. The third-order valence-electron chi connectivity index (χ3n) is 2.88. The Morgan fingerprint density at radius 1 is 0.789 bits per heavy atom. The lowest BCUT2D eigenvalue weighted by Gasteiger charge is -2.16. The SMILES string of the molecule is CCCCCSP(SCCCCC)c1ccccc1. The van der Waals surface area contributed by atoms with Crippen molar-refractivity contribution in [1.82, 2.24) is 0 Å². The van der Waals surface area contributed by atoms with Crippen LogP contribution in [0.4, 0.5) is 0 Å². The zero-order valence-corrected chi connectivity index (χ0v) is 14.8. The van der Waals surface area contributed by atoms with Crippen molar-refractivity contribution >= 4 is 34.4 Å². The Hall–Kier alpha value is 0.350. The van der Waals surface area contributed by atoms with Crippen molar-refractivity contribution in [3.8, 4) is 0 Å². The second-order valence-corrected chi connectivity index (χ2v) is 11.5. The Bertz CT molecular complexity index is 291. The van der Waals surface area contributed by atoms with Gasteiger partial charge in [-0.15, -0.1) is 22.8 Å². The molecule has 3 heteroatoms. The quantitative estimate of drug-likeness (QED) is 0.339. The summed E-state index contributed by atoms with van der Waals surface area (Å²) >= 11 is 4.40. The molecule has 0 aliphatic heterocycles. The van der Waals surface area contributed by atoms with Gasteiger partial charge in [-0.2, -0.15) is 0 Å². The topological polar surface area (TPSA) is 0 Å². The van der Waals surface area contributed by atoms with Crippen molar-refractivity contribution < 1.29 is 0 Å². The molecule has 0 saturated heterocycles. The lowest BCUT2D eigenvalue weighted by molar-refractivity contribution is 0.779. The molecule has 0 aliphatic rings. The number of benzene rings is 1. The minimum Gasteiger partial charge on any atom is -0.118 e. The van der Waals surface area contributed by atoms with Crippen LogP contribution in [0.15, 0.2) is 30.3 Å². The Kier molecular flexibility index (Phi) is 11.1. The monoisotopic (exact) mass is 314 g/mol. The van der Waals surface area contributed by atoms with Crippen LogP contribution in [0.5, 0.6) is 0 Å². The van der Waals surface area contributed by atoms with E-state index in [4.69, 9.17) is 0 Å². The fourth-order valence-electron chi connectivity index (χ4n) is 1.74. The molecule has 0 aliphatic carbocycles. The molecule has 0 spiro atoms. The minimum absolute atomic E-state index is 0.0557. The molecule has 19 heavy (non-hydrogen) atoms. The van der Waals surface area contributed by atoms with Gasteiger partial charge in [0.25, 0.3) is 0 Å². The summed E-state index contributed by atoms with van der Waals surface area (Å²) < 4.78 is 0. The summed E-state index contributed by atoms with van der Waals surface area (Å²) in [5.74, 6) is 2.66. The third-order valence-corrected chi connectivity index (χ3v) is 10.7. The first kappa shape index (κ1) is 17.4. The van der Waals surface area contributed by atoms with Crippen LogP contribution in [0.3, 0.4) is 0 Å². The molecular weight excluding hydrogens is 287 g/mol. The highest BCUT2D eigenvalue weighted by molar-refractivity contribution is 8.90. The summed E-state index contributed by atoms with van der Waals surface area (Å²) in [6.07, 6.45) is 8.11. The summed E-state index contributed by atoms with van der Waals surface area (Å²) in [4.78, 5) is 0. The molecule has 1 rings (SSSR count). The predicted octanol–water partition coefficient (Wildman–Crippen LogP) is 6.47. The molecule has 0 radical (unpaired) electrons. The lowest BCUT2D eigenvalue weighted by Crippen LogP contribution is -1.96. The van der Waals surface area contributed by atoms with Gasteiger partial charge in [0, 0.05) is 6.33 Å². The molecule has 0 heterocycles. The molecule has 0 N–H and O–H groups in total. The van der Waals surface area contributed by atoms with E-state index >= 15 is 0 Å². The second kappa shape index (κ2) is 12.1. The Labute approximate surface area is 128 Å². The molecule has 1 aromatic rings. The maximum Gasteiger partial charge on any atom is 0.0437 e. The van der Waals surface area contributed by atoms with Crippen LogP contribution >= 0.6 is 29.1 Å². The van der Waals surface area contributed by atoms with Gasteiger partial charge in [0.05, 0.1) is 0 Å². The molecule has 0 nitrogen and oxygen atoms in total. The number of rotatable bonds is 11. The molecule has 0 bridgehead atoms. The van der Waals surface area contributed by atoms with Gasteiger partial charge in [0.15, 0.2) is 0 Å². The van der Waals surface area contributed by atoms with Gasteiger partial charge in [-0.3, -0.25) is 0 Å². The predicted molar refractivity (Wildman–Crippen MR) is 97.0 cm³/mol. The summed E-state index contributed by atoms with van der Waals surface area (Å²) in [7, 11) is 0. The molecule has 0 atom stereocenters. The maximum atomic E-state index is 2.31. The Morgan fingerprint density at radius 3 is 1.79 bits per heavy atom. The van der Waals surface area contributed by atoms with Crippen LogP contribution in [-0.4, -0.2) is 11.5 Å². The van der Waals surface area contributed by atoms with Gasteiger partial charge in [-0.05, 0) is 29.7 Å². The second-order valence-electron chi connectivity index (χ2n) is 4.67. The summed E-state index contributed by atoms with van der Waals surface area (Å²) in [6.45, 7) is 4.56. The van der Waals surface area contributed by atoms with Gasteiger partial charge in [0.1, 0.15) is 0 Å². The fraction of sp³-hybridized carbons (Fsp3) is 0.625. The number of unbranched alkanes of at least 4 members (excludes halogenated alkanes) is 4. The average Bonchev–Trinajstić information content (AvgIpc) is 2.46. The van der Waals surface area contributed by atoms with Crippen LogP contribution in [0.1, 0.15) is 52.4 Å². The van der Waals surface area contributed by atoms with E-state index in [0.717, 1.165) is 0 Å². The van der Waals surface area contributed by atoms with Crippen molar-refractivity contribution in [3.63, 3.8) is 0 Å². The van der Waals surface area contributed by atoms with Crippen LogP contribution in [-0.2, 0) is 0 Å². The van der Waals surface area contributed by atoms with E-state index in [2.05, 4.69) is 66.9 Å². The van der Waals surface area contributed by atoms with Crippen LogP contribution in [0.2, 0.25) is 0 Å². The van der Waals surface area contributed by atoms with E-state index < -0.39 is 0 Å². The first-order chi connectivity index (χ1) is 9.38. The highest BCUT2D eigenvalue weighted by Crippen LogP contribution is 2.60. The fourth-order valence-corrected chi connectivity index (χ4v) is 9.15. The van der Waals surface area contributed by atoms with Gasteiger partial charge in [-0.1, -0.05) is 69.9 Å². The van der Waals surface area contributed by atoms with E-state index in [1.54, 1.807) is 5.30 Å². The van der Waals surface area contributed by atoms with Crippen LogP contribution < -0.4 is 5.30 Å². The van der Waals surface area contributed by atoms with Gasteiger partial charge in [-0.25, -0.2) is 0 Å². The molecule has 1 aromatic carbocycles. The average molecular weight is 314 g/mol. The summed E-state index contributed by atoms with van der Waals surface area (Å²) in [6, 6.07) is 11.1. The van der Waals surface area contributed by atoms with Gasteiger partial charge < -0.3 is 0 Å². The molecule has 108 valence electrons. The van der Waals surface area contributed by atoms with E-state index in [1.807, 2.05) is 0 Å². The molecule has 0 saturated carbocycles. The van der Waals surface area contributed by atoms with Gasteiger partial charge in [0.2, 0.25) is 0 Å². The summed E-state index contributed by atoms with van der Waals surface area (Å²) in [5, 5.41) is 1.56. The first-order valence-corrected chi connectivity index (χ1v) is 12.0. The molecule has 0 aromatic heterocycles. The third kappa shape index (κ3) is 8.27. The Balaban J connectivity index is 2.39.